The highest BCUT2D eigenvalue weighted by molar-refractivity contribution is 9.10. The molecule has 4 nitrogen and oxygen atoms in total. The molecule has 1 aromatic carbocycles. The van der Waals surface area contributed by atoms with E-state index in [1.54, 1.807) is 0 Å². The van der Waals surface area contributed by atoms with Gasteiger partial charge in [-0.2, -0.15) is 0 Å². The first-order chi connectivity index (χ1) is 9.02. The molecule has 1 aliphatic heterocycles. The lowest BCUT2D eigenvalue weighted by molar-refractivity contribution is -0.144. The lowest BCUT2D eigenvalue weighted by Gasteiger charge is -2.21. The molecule has 0 spiro atoms. The standard InChI is InChI=1S/C13H15BrN2O2S/c1-18-13(17)8-4-5-16(7-8)11-6-9(14)2-3-10(11)12(15)19/h2-3,6,8H,4-5,7H2,1H3,(H2,15,19). The molecule has 19 heavy (non-hydrogen) atoms. The topological polar surface area (TPSA) is 55.6 Å². The van der Waals surface area contributed by atoms with Crippen LogP contribution in [-0.2, 0) is 9.53 Å². The van der Waals surface area contributed by atoms with Crippen molar-refractivity contribution in [2.75, 3.05) is 25.1 Å². The number of hydrogen-bond donors (Lipinski definition) is 1. The largest absolute Gasteiger partial charge is 0.469 e. The highest BCUT2D eigenvalue weighted by Crippen LogP contribution is 2.30. The Morgan fingerprint density at radius 3 is 2.95 bits per heavy atom. The molecular weight excluding hydrogens is 328 g/mol. The number of anilines is 1. The van der Waals surface area contributed by atoms with Gasteiger partial charge in [-0.15, -0.1) is 0 Å². The summed E-state index contributed by atoms with van der Waals surface area (Å²) < 4.78 is 5.76. The van der Waals surface area contributed by atoms with Gasteiger partial charge in [-0.3, -0.25) is 4.79 Å². The van der Waals surface area contributed by atoms with Gasteiger partial charge in [-0.25, -0.2) is 0 Å². The fourth-order valence-corrected chi connectivity index (χ4v) is 2.83. The van der Waals surface area contributed by atoms with Crippen molar-refractivity contribution in [2.45, 2.75) is 6.42 Å². The number of thiocarbonyl (C=S) groups is 1. The minimum absolute atomic E-state index is 0.0804. The number of carbonyl (C=O) groups is 1. The summed E-state index contributed by atoms with van der Waals surface area (Å²) in [7, 11) is 1.42. The summed E-state index contributed by atoms with van der Waals surface area (Å²) in [5, 5.41) is 0. The average Bonchev–Trinajstić information content (AvgIpc) is 2.86. The van der Waals surface area contributed by atoms with Crippen molar-refractivity contribution >= 4 is 44.8 Å². The van der Waals surface area contributed by atoms with E-state index >= 15 is 0 Å². The summed E-state index contributed by atoms with van der Waals surface area (Å²) in [5.41, 5.74) is 7.55. The van der Waals surface area contributed by atoms with Gasteiger partial charge in [0.05, 0.1) is 13.0 Å². The first-order valence-corrected chi connectivity index (χ1v) is 7.15. The normalized spacial score (nSPS) is 18.4. The van der Waals surface area contributed by atoms with E-state index in [-0.39, 0.29) is 11.9 Å². The van der Waals surface area contributed by atoms with Gasteiger partial charge in [0.15, 0.2) is 0 Å². The molecule has 0 aliphatic carbocycles. The van der Waals surface area contributed by atoms with E-state index < -0.39 is 0 Å². The number of nitrogens with zero attached hydrogens (tertiary/aromatic N) is 1. The van der Waals surface area contributed by atoms with Crippen LogP contribution in [0.2, 0.25) is 0 Å². The number of benzene rings is 1. The number of carbonyl (C=O) groups excluding carboxylic acids is 1. The van der Waals surface area contributed by atoms with E-state index in [1.807, 2.05) is 18.2 Å². The van der Waals surface area contributed by atoms with Crippen molar-refractivity contribution in [3.8, 4) is 0 Å². The number of nitrogens with two attached hydrogens (primary N) is 1. The Morgan fingerprint density at radius 1 is 1.58 bits per heavy atom. The zero-order valence-corrected chi connectivity index (χ0v) is 13.0. The second-order valence-corrected chi connectivity index (χ2v) is 5.84. The molecular formula is C13H15BrN2O2S. The molecule has 0 bridgehead atoms. The van der Waals surface area contributed by atoms with E-state index in [1.165, 1.54) is 7.11 Å². The van der Waals surface area contributed by atoms with E-state index in [4.69, 9.17) is 22.7 Å². The second kappa shape index (κ2) is 5.88. The van der Waals surface area contributed by atoms with Gasteiger partial charge < -0.3 is 15.4 Å². The van der Waals surface area contributed by atoms with Crippen LogP contribution in [0.3, 0.4) is 0 Å². The minimum atomic E-state index is -0.158. The predicted octanol–water partition coefficient (Wildman–Crippen LogP) is 2.08. The zero-order chi connectivity index (χ0) is 14.0. The van der Waals surface area contributed by atoms with Gasteiger partial charge in [0.1, 0.15) is 4.99 Å². The van der Waals surface area contributed by atoms with Gasteiger partial charge in [-0.1, -0.05) is 28.1 Å². The molecule has 1 aliphatic rings. The lowest BCUT2D eigenvalue weighted by atomic mass is 10.1. The van der Waals surface area contributed by atoms with E-state index in [9.17, 15) is 4.79 Å². The molecule has 1 saturated heterocycles. The lowest BCUT2D eigenvalue weighted by Crippen LogP contribution is -2.26. The molecule has 0 radical (unpaired) electrons. The Labute approximate surface area is 126 Å². The number of ether oxygens (including phenoxy) is 1. The number of halogens is 1. The molecule has 0 saturated carbocycles. The van der Waals surface area contributed by atoms with Gasteiger partial charge >= 0.3 is 5.97 Å². The first kappa shape index (κ1) is 14.3. The first-order valence-electron chi connectivity index (χ1n) is 5.95. The summed E-state index contributed by atoms with van der Waals surface area (Å²) >= 11 is 8.52. The maximum atomic E-state index is 11.6. The van der Waals surface area contributed by atoms with Crippen LogP contribution in [-0.4, -0.2) is 31.2 Å². The van der Waals surface area contributed by atoms with Crippen LogP contribution in [0.15, 0.2) is 22.7 Å². The third-order valence-corrected chi connectivity index (χ3v) is 4.00. The molecule has 1 unspecified atom stereocenters. The quantitative estimate of drug-likeness (QED) is 0.673. The molecule has 2 N–H and O–H groups in total. The Morgan fingerprint density at radius 2 is 2.32 bits per heavy atom. The monoisotopic (exact) mass is 342 g/mol. The molecule has 1 fully saturated rings. The van der Waals surface area contributed by atoms with Crippen LogP contribution in [0.5, 0.6) is 0 Å². The molecule has 1 heterocycles. The van der Waals surface area contributed by atoms with E-state index in [0.717, 1.165) is 28.7 Å². The molecule has 1 atom stereocenters. The van der Waals surface area contributed by atoms with Gasteiger partial charge in [0.25, 0.3) is 0 Å². The average molecular weight is 343 g/mol. The molecule has 2 rings (SSSR count). The van der Waals surface area contributed by atoms with Crippen molar-refractivity contribution in [3.05, 3.63) is 28.2 Å². The molecule has 102 valence electrons. The Bertz CT molecular complexity index is 521. The van der Waals surface area contributed by atoms with Crippen molar-refractivity contribution in [1.29, 1.82) is 0 Å². The maximum Gasteiger partial charge on any atom is 0.310 e. The van der Waals surface area contributed by atoms with Crippen molar-refractivity contribution in [3.63, 3.8) is 0 Å². The van der Waals surface area contributed by atoms with Crippen LogP contribution in [0.25, 0.3) is 0 Å². The van der Waals surface area contributed by atoms with E-state index in [0.29, 0.717) is 11.5 Å². The summed E-state index contributed by atoms with van der Waals surface area (Å²) in [4.78, 5) is 14.1. The Hall–Kier alpha value is -1.14. The highest BCUT2D eigenvalue weighted by Gasteiger charge is 2.30. The van der Waals surface area contributed by atoms with Crippen LogP contribution in [0.1, 0.15) is 12.0 Å². The van der Waals surface area contributed by atoms with Crippen molar-refractivity contribution in [2.24, 2.45) is 11.7 Å². The third-order valence-electron chi connectivity index (χ3n) is 3.29. The number of hydrogen-bond acceptors (Lipinski definition) is 4. The molecule has 1 aromatic rings. The van der Waals surface area contributed by atoms with Crippen LogP contribution >= 0.6 is 28.1 Å². The third kappa shape index (κ3) is 3.06. The van der Waals surface area contributed by atoms with Crippen molar-refractivity contribution in [1.82, 2.24) is 0 Å². The summed E-state index contributed by atoms with van der Waals surface area (Å²) in [6.07, 6.45) is 0.788. The summed E-state index contributed by atoms with van der Waals surface area (Å²) in [5.74, 6) is -0.238. The summed E-state index contributed by atoms with van der Waals surface area (Å²) in [6, 6.07) is 5.78. The van der Waals surface area contributed by atoms with E-state index in [2.05, 4.69) is 20.8 Å². The van der Waals surface area contributed by atoms with Crippen LogP contribution in [0, 0.1) is 5.92 Å². The van der Waals surface area contributed by atoms with Crippen LogP contribution < -0.4 is 10.6 Å². The highest BCUT2D eigenvalue weighted by atomic mass is 79.9. The van der Waals surface area contributed by atoms with Gasteiger partial charge in [0.2, 0.25) is 0 Å². The fraction of sp³-hybridized carbons (Fsp3) is 0.385. The fourth-order valence-electron chi connectivity index (χ4n) is 2.31. The second-order valence-electron chi connectivity index (χ2n) is 4.48. The SMILES string of the molecule is COC(=O)C1CCN(c2cc(Br)ccc2C(N)=S)C1. The Balaban J connectivity index is 2.26. The predicted molar refractivity (Wildman–Crippen MR) is 82.4 cm³/mol. The molecule has 6 heteroatoms. The Kier molecular flexibility index (Phi) is 4.42. The molecule has 0 aromatic heterocycles. The maximum absolute atomic E-state index is 11.6. The number of esters is 1. The zero-order valence-electron chi connectivity index (χ0n) is 10.6. The smallest absolute Gasteiger partial charge is 0.310 e. The van der Waals surface area contributed by atoms with Crippen molar-refractivity contribution < 1.29 is 9.53 Å². The van der Waals surface area contributed by atoms with Gasteiger partial charge in [0, 0.05) is 28.8 Å². The number of methoxy groups -OCH3 is 1. The number of rotatable bonds is 3. The molecule has 0 amide bonds. The van der Waals surface area contributed by atoms with Crippen LogP contribution in [0.4, 0.5) is 5.69 Å². The summed E-state index contributed by atoms with van der Waals surface area (Å²) in [6.45, 7) is 1.44. The minimum Gasteiger partial charge on any atom is -0.469 e. The van der Waals surface area contributed by atoms with Gasteiger partial charge in [-0.05, 0) is 24.6 Å².